The molecule has 0 aliphatic carbocycles. The fourth-order valence-corrected chi connectivity index (χ4v) is 4.82. The summed E-state index contributed by atoms with van der Waals surface area (Å²) in [5.74, 6) is 1.79. The third-order valence-electron chi connectivity index (χ3n) is 6.08. The van der Waals surface area contributed by atoms with Gasteiger partial charge in [-0.25, -0.2) is 4.98 Å². The van der Waals surface area contributed by atoms with Crippen LogP contribution in [0.1, 0.15) is 32.5 Å². The van der Waals surface area contributed by atoms with E-state index in [1.807, 2.05) is 0 Å². The smallest absolute Gasteiger partial charge is 0.258 e. The predicted octanol–water partition coefficient (Wildman–Crippen LogP) is 2.01. The second-order valence-electron chi connectivity index (χ2n) is 8.48. The van der Waals surface area contributed by atoms with Crippen LogP contribution in [-0.2, 0) is 11.3 Å². The Balaban J connectivity index is 1.52. The number of hydrogen-bond acceptors (Lipinski definition) is 7. The van der Waals surface area contributed by atoms with E-state index in [1.54, 1.807) is 26.4 Å². The Hall–Kier alpha value is -2.16. The normalized spacial score (nSPS) is 25.7. The first-order valence-corrected chi connectivity index (χ1v) is 10.7. The second-order valence-corrected chi connectivity index (χ2v) is 8.48. The summed E-state index contributed by atoms with van der Waals surface area (Å²) in [6.45, 7) is 8.92. The third-order valence-corrected chi connectivity index (χ3v) is 6.08. The van der Waals surface area contributed by atoms with Crippen LogP contribution in [0, 0.1) is 0 Å². The summed E-state index contributed by atoms with van der Waals surface area (Å²) < 4.78 is 16.6. The molecule has 1 aromatic heterocycles. The number of H-pyrrole nitrogens is 1. The Kier molecular flexibility index (Phi) is 6.26. The Morgan fingerprint density at radius 2 is 1.87 bits per heavy atom. The van der Waals surface area contributed by atoms with Crippen molar-refractivity contribution in [1.29, 1.82) is 0 Å². The van der Waals surface area contributed by atoms with E-state index >= 15 is 0 Å². The average Bonchev–Trinajstić information content (AvgIpc) is 3.12. The molecule has 3 unspecified atom stereocenters. The molecule has 2 aliphatic rings. The highest BCUT2D eigenvalue weighted by Gasteiger charge is 2.30. The first-order chi connectivity index (χ1) is 14.5. The quantitative estimate of drug-likeness (QED) is 0.772. The number of nitrogens with one attached hydrogen (secondary N) is 1. The molecule has 0 amide bonds. The van der Waals surface area contributed by atoms with Crippen molar-refractivity contribution in [3.8, 4) is 11.5 Å². The number of ether oxygens (including phenoxy) is 3. The van der Waals surface area contributed by atoms with Crippen molar-refractivity contribution in [2.75, 3.05) is 40.4 Å². The molecule has 1 aromatic carbocycles. The van der Waals surface area contributed by atoms with Crippen molar-refractivity contribution in [3.63, 3.8) is 0 Å². The highest BCUT2D eigenvalue weighted by molar-refractivity contribution is 5.81. The lowest BCUT2D eigenvalue weighted by Crippen LogP contribution is -2.50. The molecule has 1 N–H and O–H groups in total. The number of aromatic amines is 1. The number of methoxy groups -OCH3 is 2. The van der Waals surface area contributed by atoms with Gasteiger partial charge in [-0.15, -0.1) is 0 Å². The zero-order valence-corrected chi connectivity index (χ0v) is 18.3. The monoisotopic (exact) mass is 416 g/mol. The highest BCUT2D eigenvalue weighted by Crippen LogP contribution is 2.30. The van der Waals surface area contributed by atoms with E-state index in [1.165, 1.54) is 12.8 Å². The van der Waals surface area contributed by atoms with E-state index < -0.39 is 0 Å². The maximum Gasteiger partial charge on any atom is 0.258 e. The fraction of sp³-hybridized carbons (Fsp3) is 0.636. The standard InChI is InChI=1S/C22H32N4O4/c1-14-10-25(11-15(2)30-14)12-16-6-5-7-26(16)13-21-23-18-9-20(29-4)19(28-3)8-17(18)22(27)24-21/h8-9,14-16H,5-7,10-13H2,1-4H3,(H,23,24,27). The van der Waals surface area contributed by atoms with Crippen molar-refractivity contribution in [2.24, 2.45) is 0 Å². The van der Waals surface area contributed by atoms with Crippen molar-refractivity contribution < 1.29 is 14.2 Å². The van der Waals surface area contributed by atoms with Crippen LogP contribution in [-0.4, -0.2) is 78.4 Å². The molecular formula is C22H32N4O4. The molecule has 3 atom stereocenters. The molecule has 2 aromatic rings. The molecule has 0 spiro atoms. The predicted molar refractivity (Wildman–Crippen MR) is 115 cm³/mol. The summed E-state index contributed by atoms with van der Waals surface area (Å²) in [4.78, 5) is 25.3. The summed E-state index contributed by atoms with van der Waals surface area (Å²) in [6.07, 6.45) is 2.88. The van der Waals surface area contributed by atoms with E-state index in [0.717, 1.165) is 26.2 Å². The van der Waals surface area contributed by atoms with Crippen molar-refractivity contribution in [1.82, 2.24) is 19.8 Å². The third kappa shape index (κ3) is 4.45. The van der Waals surface area contributed by atoms with E-state index in [2.05, 4.69) is 28.6 Å². The largest absolute Gasteiger partial charge is 0.493 e. The van der Waals surface area contributed by atoms with Gasteiger partial charge in [0.25, 0.3) is 5.56 Å². The molecule has 30 heavy (non-hydrogen) atoms. The molecule has 8 nitrogen and oxygen atoms in total. The van der Waals surface area contributed by atoms with E-state index in [-0.39, 0.29) is 17.8 Å². The molecule has 3 heterocycles. The van der Waals surface area contributed by atoms with Crippen molar-refractivity contribution in [2.45, 2.75) is 51.5 Å². The highest BCUT2D eigenvalue weighted by atomic mass is 16.5. The van der Waals surface area contributed by atoms with E-state index in [9.17, 15) is 4.79 Å². The van der Waals surface area contributed by atoms with Gasteiger partial charge in [-0.1, -0.05) is 0 Å². The molecule has 0 saturated carbocycles. The first kappa shape index (κ1) is 21.1. The van der Waals surface area contributed by atoms with Crippen molar-refractivity contribution in [3.05, 3.63) is 28.3 Å². The summed E-state index contributed by atoms with van der Waals surface area (Å²) >= 11 is 0. The Bertz CT molecular complexity index is 937. The number of nitrogens with zero attached hydrogens (tertiary/aromatic N) is 3. The van der Waals surface area contributed by atoms with Gasteiger partial charge >= 0.3 is 0 Å². The van der Waals surface area contributed by atoms with Crippen LogP contribution in [0.25, 0.3) is 10.9 Å². The maximum absolute atomic E-state index is 12.7. The van der Waals surface area contributed by atoms with Crippen LogP contribution in [0.2, 0.25) is 0 Å². The topological polar surface area (TPSA) is 79.9 Å². The van der Waals surface area contributed by atoms with Gasteiger partial charge in [-0.2, -0.15) is 0 Å². The Labute approximate surface area is 177 Å². The van der Waals surface area contributed by atoms with E-state index in [4.69, 9.17) is 19.2 Å². The summed E-state index contributed by atoms with van der Waals surface area (Å²) in [5.41, 5.74) is 0.473. The van der Waals surface area contributed by atoms with Gasteiger partial charge in [-0.3, -0.25) is 14.6 Å². The van der Waals surface area contributed by atoms with Crippen LogP contribution >= 0.6 is 0 Å². The zero-order valence-electron chi connectivity index (χ0n) is 18.3. The maximum atomic E-state index is 12.7. The molecule has 2 aliphatic heterocycles. The first-order valence-electron chi connectivity index (χ1n) is 10.7. The molecule has 0 radical (unpaired) electrons. The minimum atomic E-state index is -0.150. The fourth-order valence-electron chi connectivity index (χ4n) is 4.82. The molecule has 2 saturated heterocycles. The van der Waals surface area contributed by atoms with Gasteiger partial charge in [0.1, 0.15) is 5.82 Å². The summed E-state index contributed by atoms with van der Waals surface area (Å²) in [6, 6.07) is 3.92. The second kappa shape index (κ2) is 8.91. The molecule has 0 bridgehead atoms. The van der Waals surface area contributed by atoms with Crippen LogP contribution < -0.4 is 15.0 Å². The Morgan fingerprint density at radius 1 is 1.17 bits per heavy atom. The molecule has 4 rings (SSSR count). The number of morpholine rings is 1. The van der Waals surface area contributed by atoms with Crippen LogP contribution in [0.15, 0.2) is 16.9 Å². The van der Waals surface area contributed by atoms with Gasteiger partial charge in [0, 0.05) is 31.7 Å². The van der Waals surface area contributed by atoms with Crippen LogP contribution in [0.5, 0.6) is 11.5 Å². The molecular weight excluding hydrogens is 384 g/mol. The van der Waals surface area contributed by atoms with Crippen LogP contribution in [0.4, 0.5) is 0 Å². The van der Waals surface area contributed by atoms with Gasteiger partial charge in [0.2, 0.25) is 0 Å². The summed E-state index contributed by atoms with van der Waals surface area (Å²) in [5, 5.41) is 0.505. The van der Waals surface area contributed by atoms with Crippen LogP contribution in [0.3, 0.4) is 0 Å². The summed E-state index contributed by atoms with van der Waals surface area (Å²) in [7, 11) is 3.14. The molecule has 2 fully saturated rings. The molecule has 164 valence electrons. The van der Waals surface area contributed by atoms with Gasteiger partial charge in [-0.05, 0) is 39.3 Å². The lowest BCUT2D eigenvalue weighted by atomic mass is 10.1. The number of benzene rings is 1. The number of likely N-dealkylation sites (tertiary alicyclic amines) is 1. The van der Waals surface area contributed by atoms with Crippen molar-refractivity contribution >= 4 is 10.9 Å². The minimum absolute atomic E-state index is 0.150. The zero-order chi connectivity index (χ0) is 21.3. The van der Waals surface area contributed by atoms with Gasteiger partial charge in [0.05, 0.1) is 43.9 Å². The number of rotatable bonds is 6. The molecule has 8 heteroatoms. The SMILES string of the molecule is COc1cc2nc(CN3CCCC3CN3CC(C)OC(C)C3)[nH]c(=O)c2cc1OC. The lowest BCUT2D eigenvalue weighted by Gasteiger charge is -2.38. The van der Waals surface area contributed by atoms with Gasteiger partial charge in [0.15, 0.2) is 11.5 Å². The number of hydrogen-bond donors (Lipinski definition) is 1. The number of aromatic nitrogens is 2. The van der Waals surface area contributed by atoms with E-state index in [0.29, 0.717) is 40.8 Å². The minimum Gasteiger partial charge on any atom is -0.493 e. The lowest BCUT2D eigenvalue weighted by molar-refractivity contribution is -0.0725. The van der Waals surface area contributed by atoms with Gasteiger partial charge < -0.3 is 19.2 Å². The average molecular weight is 417 g/mol. The number of fused-ring (bicyclic) bond motifs is 1. The Morgan fingerprint density at radius 3 is 2.57 bits per heavy atom.